The highest BCUT2D eigenvalue weighted by molar-refractivity contribution is 5.85. The van der Waals surface area contributed by atoms with Crippen LogP contribution >= 0.6 is 0 Å². The largest absolute Gasteiger partial charge is 0.378 e. The predicted octanol–water partition coefficient (Wildman–Crippen LogP) is 0.494. The second-order valence-electron chi connectivity index (χ2n) is 4.30. The van der Waals surface area contributed by atoms with Gasteiger partial charge in [0.25, 0.3) is 0 Å². The Kier molecular flexibility index (Phi) is 3.77. The summed E-state index contributed by atoms with van der Waals surface area (Å²) in [5, 5.41) is 0. The van der Waals surface area contributed by atoms with E-state index in [9.17, 15) is 9.59 Å². The predicted molar refractivity (Wildman–Crippen MR) is 58.2 cm³/mol. The molecule has 0 saturated carbocycles. The normalized spacial score (nSPS) is 23.1. The van der Waals surface area contributed by atoms with Crippen LogP contribution in [-0.4, -0.2) is 61.0 Å². The Bertz CT molecular complexity index is 274. The lowest BCUT2D eigenvalue weighted by Crippen LogP contribution is -2.49. The van der Waals surface area contributed by atoms with Gasteiger partial charge in [0.05, 0.1) is 19.8 Å². The van der Waals surface area contributed by atoms with E-state index in [2.05, 4.69) is 0 Å². The van der Waals surface area contributed by atoms with Crippen LogP contribution in [0.4, 0.5) is 4.79 Å². The van der Waals surface area contributed by atoms with Crippen LogP contribution in [0.15, 0.2) is 0 Å². The third-order valence-electron chi connectivity index (χ3n) is 3.05. The van der Waals surface area contributed by atoms with Gasteiger partial charge in [-0.3, -0.25) is 4.79 Å². The Morgan fingerprint density at radius 1 is 1.06 bits per heavy atom. The number of rotatable bonds is 0. The van der Waals surface area contributed by atoms with Gasteiger partial charge in [-0.1, -0.05) is 0 Å². The summed E-state index contributed by atoms with van der Waals surface area (Å²) in [6.45, 7) is 3.49. The Morgan fingerprint density at radius 2 is 1.81 bits per heavy atom. The molecule has 2 rings (SSSR count). The summed E-state index contributed by atoms with van der Waals surface area (Å²) in [4.78, 5) is 27.0. The first kappa shape index (κ1) is 11.4. The summed E-state index contributed by atoms with van der Waals surface area (Å²) < 4.78 is 5.20. The van der Waals surface area contributed by atoms with E-state index in [0.29, 0.717) is 39.3 Å². The number of carbonyl (C=O) groups excluding carboxylic acids is 2. The second-order valence-corrected chi connectivity index (χ2v) is 4.30. The van der Waals surface area contributed by atoms with Crippen molar-refractivity contribution in [3.8, 4) is 0 Å². The van der Waals surface area contributed by atoms with Gasteiger partial charge in [0.1, 0.15) is 0 Å². The molecule has 0 spiro atoms. The number of Topliss-reactive ketones (excluding diaryl/α,β-unsaturated/α-hetero) is 1. The molecule has 90 valence electrons. The average Bonchev–Trinajstić information content (AvgIpc) is 2.54. The number of morpholine rings is 1. The third-order valence-corrected chi connectivity index (χ3v) is 3.05. The molecule has 2 amide bonds. The molecule has 5 heteroatoms. The number of amides is 2. The van der Waals surface area contributed by atoms with Crippen molar-refractivity contribution >= 4 is 11.8 Å². The van der Waals surface area contributed by atoms with Gasteiger partial charge in [0.15, 0.2) is 5.78 Å². The molecular weight excluding hydrogens is 208 g/mol. The Labute approximate surface area is 95.3 Å². The molecule has 0 atom stereocenters. The Hall–Kier alpha value is -1.10. The minimum Gasteiger partial charge on any atom is -0.378 e. The topological polar surface area (TPSA) is 49.9 Å². The first-order valence-corrected chi connectivity index (χ1v) is 5.90. The molecule has 5 nitrogen and oxygen atoms in total. The highest BCUT2D eigenvalue weighted by Crippen LogP contribution is 2.10. The number of carbonyl (C=O) groups is 2. The van der Waals surface area contributed by atoms with E-state index >= 15 is 0 Å². The van der Waals surface area contributed by atoms with Gasteiger partial charge in [-0.25, -0.2) is 4.79 Å². The lowest BCUT2D eigenvalue weighted by molar-refractivity contribution is -0.119. The van der Waals surface area contributed by atoms with Gasteiger partial charge in [0.2, 0.25) is 0 Å². The van der Waals surface area contributed by atoms with E-state index < -0.39 is 0 Å². The van der Waals surface area contributed by atoms with Gasteiger partial charge in [-0.15, -0.1) is 0 Å². The van der Waals surface area contributed by atoms with Crippen molar-refractivity contribution in [3.63, 3.8) is 0 Å². The maximum absolute atomic E-state index is 12.1. The van der Waals surface area contributed by atoms with E-state index in [1.807, 2.05) is 0 Å². The molecule has 2 heterocycles. The average molecular weight is 226 g/mol. The van der Waals surface area contributed by atoms with Gasteiger partial charge in [-0.2, -0.15) is 0 Å². The summed E-state index contributed by atoms with van der Waals surface area (Å²) in [6.07, 6.45) is 2.46. The van der Waals surface area contributed by atoms with E-state index in [1.165, 1.54) is 0 Å². The number of hydrogen-bond donors (Lipinski definition) is 0. The fourth-order valence-electron chi connectivity index (χ4n) is 2.11. The highest BCUT2D eigenvalue weighted by Gasteiger charge is 2.25. The van der Waals surface area contributed by atoms with E-state index in [1.54, 1.807) is 9.80 Å². The van der Waals surface area contributed by atoms with Crippen LogP contribution in [0.2, 0.25) is 0 Å². The summed E-state index contributed by atoms with van der Waals surface area (Å²) in [6, 6.07) is -0.00134. The number of hydrogen-bond acceptors (Lipinski definition) is 3. The molecule has 0 aliphatic carbocycles. The SMILES string of the molecule is O=C1CCCCN(C(=O)N2CCOCC2)C1. The first-order valence-electron chi connectivity index (χ1n) is 5.90. The maximum Gasteiger partial charge on any atom is 0.320 e. The quantitative estimate of drug-likeness (QED) is 0.604. The van der Waals surface area contributed by atoms with E-state index in [0.717, 1.165) is 12.8 Å². The van der Waals surface area contributed by atoms with Gasteiger partial charge in [-0.05, 0) is 12.8 Å². The number of ether oxygens (including phenoxy) is 1. The second kappa shape index (κ2) is 5.30. The summed E-state index contributed by atoms with van der Waals surface area (Å²) in [7, 11) is 0. The monoisotopic (exact) mass is 226 g/mol. The Morgan fingerprint density at radius 3 is 2.56 bits per heavy atom. The molecule has 0 aromatic carbocycles. The van der Waals surface area contributed by atoms with Crippen LogP contribution in [0.1, 0.15) is 19.3 Å². The van der Waals surface area contributed by atoms with Crippen molar-refractivity contribution in [1.82, 2.24) is 9.80 Å². The van der Waals surface area contributed by atoms with E-state index in [4.69, 9.17) is 4.74 Å². The van der Waals surface area contributed by atoms with Crippen LogP contribution < -0.4 is 0 Å². The van der Waals surface area contributed by atoms with Gasteiger partial charge in [0, 0.05) is 26.1 Å². The number of ketones is 1. The van der Waals surface area contributed by atoms with Crippen molar-refractivity contribution < 1.29 is 14.3 Å². The lowest BCUT2D eigenvalue weighted by atomic mass is 10.2. The Balaban J connectivity index is 1.93. The molecule has 2 aliphatic rings. The summed E-state index contributed by atoms with van der Waals surface area (Å²) in [5.41, 5.74) is 0. The number of urea groups is 1. The van der Waals surface area contributed by atoms with Crippen LogP contribution in [0.5, 0.6) is 0 Å². The standard InChI is InChI=1S/C11H18N2O3/c14-10-3-1-2-4-13(9-10)11(15)12-5-7-16-8-6-12/h1-9H2. The number of likely N-dealkylation sites (tertiary alicyclic amines) is 1. The van der Waals surface area contributed by atoms with Crippen molar-refractivity contribution in [2.24, 2.45) is 0 Å². The van der Waals surface area contributed by atoms with Crippen LogP contribution in [0.3, 0.4) is 0 Å². The molecule has 2 fully saturated rings. The fraction of sp³-hybridized carbons (Fsp3) is 0.818. The van der Waals surface area contributed by atoms with E-state index in [-0.39, 0.29) is 18.4 Å². The van der Waals surface area contributed by atoms with Crippen LogP contribution in [0.25, 0.3) is 0 Å². The molecule has 0 radical (unpaired) electrons. The molecule has 16 heavy (non-hydrogen) atoms. The molecule has 0 N–H and O–H groups in total. The maximum atomic E-state index is 12.1. The minimum absolute atomic E-state index is 0.00134. The molecule has 0 unspecified atom stereocenters. The molecular formula is C11H18N2O3. The summed E-state index contributed by atoms with van der Waals surface area (Å²) in [5.74, 6) is 0.180. The van der Waals surface area contributed by atoms with Crippen LogP contribution in [0, 0.1) is 0 Å². The lowest BCUT2D eigenvalue weighted by Gasteiger charge is -2.32. The minimum atomic E-state index is -0.00134. The first-order chi connectivity index (χ1) is 7.77. The molecule has 0 aromatic rings. The van der Waals surface area contributed by atoms with Crippen molar-refractivity contribution in [3.05, 3.63) is 0 Å². The van der Waals surface area contributed by atoms with Crippen molar-refractivity contribution in [1.29, 1.82) is 0 Å². The van der Waals surface area contributed by atoms with Gasteiger partial charge < -0.3 is 14.5 Å². The van der Waals surface area contributed by atoms with Crippen LogP contribution in [-0.2, 0) is 9.53 Å². The molecule has 2 aliphatic heterocycles. The molecule has 2 saturated heterocycles. The zero-order chi connectivity index (χ0) is 11.4. The van der Waals surface area contributed by atoms with Crippen molar-refractivity contribution in [2.75, 3.05) is 39.4 Å². The molecule has 0 aromatic heterocycles. The third kappa shape index (κ3) is 2.72. The van der Waals surface area contributed by atoms with Crippen molar-refractivity contribution in [2.45, 2.75) is 19.3 Å². The fourth-order valence-corrected chi connectivity index (χ4v) is 2.11. The highest BCUT2D eigenvalue weighted by atomic mass is 16.5. The zero-order valence-electron chi connectivity index (χ0n) is 9.48. The zero-order valence-corrected chi connectivity index (χ0v) is 9.48. The number of nitrogens with zero attached hydrogens (tertiary/aromatic N) is 2. The smallest absolute Gasteiger partial charge is 0.320 e. The molecule has 0 bridgehead atoms. The summed E-state index contributed by atoms with van der Waals surface area (Å²) >= 11 is 0. The van der Waals surface area contributed by atoms with Gasteiger partial charge >= 0.3 is 6.03 Å².